The average molecular weight is 211 g/mol. The van der Waals surface area contributed by atoms with Crippen molar-refractivity contribution in [3.05, 3.63) is 0 Å². The van der Waals surface area contributed by atoms with E-state index in [1.807, 2.05) is 0 Å². The molecule has 1 atom stereocenters. The van der Waals surface area contributed by atoms with E-state index in [9.17, 15) is 0 Å². The number of aliphatic imine (C=N–C) groups is 1. The molecule has 1 aliphatic heterocycles. The van der Waals surface area contributed by atoms with Crippen LogP contribution >= 0.6 is 0 Å². The minimum Gasteiger partial charge on any atom is -0.378 e. The zero-order valence-corrected chi connectivity index (χ0v) is 9.24. The number of nitrogens with one attached hydrogen (secondary N) is 1. The van der Waals surface area contributed by atoms with E-state index in [2.05, 4.69) is 10.4 Å². The Bertz CT molecular complexity index is 218. The fourth-order valence-electron chi connectivity index (χ4n) is 2.42. The topological polar surface area (TPSA) is 59.6 Å². The van der Waals surface area contributed by atoms with E-state index in [4.69, 9.17) is 10.6 Å². The molecule has 3 N–H and O–H groups in total. The Morgan fingerprint density at radius 1 is 1.27 bits per heavy atom. The Balaban J connectivity index is 1.84. The lowest BCUT2D eigenvalue weighted by molar-refractivity contribution is 0.116. The molecule has 1 saturated carbocycles. The molecule has 0 amide bonds. The van der Waals surface area contributed by atoms with Gasteiger partial charge >= 0.3 is 0 Å². The van der Waals surface area contributed by atoms with Crippen LogP contribution in [0.25, 0.3) is 0 Å². The highest BCUT2D eigenvalue weighted by molar-refractivity contribution is 5.82. The van der Waals surface area contributed by atoms with Crippen LogP contribution in [0.2, 0.25) is 0 Å². The highest BCUT2D eigenvalue weighted by Gasteiger charge is 2.19. The molecule has 4 heteroatoms. The Kier molecular flexibility index (Phi) is 3.97. The van der Waals surface area contributed by atoms with Crippen molar-refractivity contribution in [1.29, 1.82) is 0 Å². The second kappa shape index (κ2) is 5.47. The Hall–Kier alpha value is -0.610. The lowest BCUT2D eigenvalue weighted by Crippen LogP contribution is -2.34. The van der Waals surface area contributed by atoms with Crippen molar-refractivity contribution in [3.63, 3.8) is 0 Å². The highest BCUT2D eigenvalue weighted by atomic mass is 16.5. The summed E-state index contributed by atoms with van der Waals surface area (Å²) in [6, 6.07) is 0.498. The van der Waals surface area contributed by atoms with Crippen molar-refractivity contribution >= 4 is 5.84 Å². The maximum Gasteiger partial charge on any atom is 0.113 e. The van der Waals surface area contributed by atoms with Crippen molar-refractivity contribution in [2.24, 2.45) is 10.8 Å². The summed E-state index contributed by atoms with van der Waals surface area (Å²) in [6.07, 6.45) is 8.57. The largest absolute Gasteiger partial charge is 0.378 e. The maximum atomic E-state index is 5.57. The predicted molar refractivity (Wildman–Crippen MR) is 60.6 cm³/mol. The van der Waals surface area contributed by atoms with E-state index in [1.54, 1.807) is 0 Å². The van der Waals surface area contributed by atoms with Gasteiger partial charge in [-0.05, 0) is 25.7 Å². The molecule has 1 heterocycles. The monoisotopic (exact) mass is 211 g/mol. The molecule has 0 spiro atoms. The number of hydrazine groups is 1. The number of hydrogen-bond acceptors (Lipinski definition) is 3. The molecule has 2 rings (SSSR count). The smallest absolute Gasteiger partial charge is 0.113 e. The predicted octanol–water partition coefficient (Wildman–Crippen LogP) is 1.36. The summed E-state index contributed by atoms with van der Waals surface area (Å²) in [5.74, 6) is 6.42. The normalized spacial score (nSPS) is 28.6. The van der Waals surface area contributed by atoms with Gasteiger partial charge < -0.3 is 10.2 Å². The van der Waals surface area contributed by atoms with Gasteiger partial charge in [0.2, 0.25) is 0 Å². The van der Waals surface area contributed by atoms with Crippen LogP contribution in [0.4, 0.5) is 0 Å². The third kappa shape index (κ3) is 3.18. The van der Waals surface area contributed by atoms with Crippen LogP contribution in [0.3, 0.4) is 0 Å². The molecule has 1 unspecified atom stereocenters. The quantitative estimate of drug-likeness (QED) is 0.321. The molecule has 1 saturated heterocycles. The summed E-state index contributed by atoms with van der Waals surface area (Å²) in [6.45, 7) is 0.895. The maximum absolute atomic E-state index is 5.57. The standard InChI is InChI=1S/C11H21N3O/c12-14-11(8-10-6-3-7-15-10)13-9-4-1-2-5-9/h9-10H,1-8,12H2,(H,13,14). The molecular weight excluding hydrogens is 190 g/mol. The minimum atomic E-state index is 0.334. The lowest BCUT2D eigenvalue weighted by atomic mass is 10.1. The summed E-state index contributed by atoms with van der Waals surface area (Å²) in [5.41, 5.74) is 2.73. The molecule has 0 aromatic carbocycles. The first kappa shape index (κ1) is 10.9. The third-order valence-corrected chi connectivity index (χ3v) is 3.27. The highest BCUT2D eigenvalue weighted by Crippen LogP contribution is 2.22. The van der Waals surface area contributed by atoms with Gasteiger partial charge in [0.05, 0.1) is 12.1 Å². The van der Waals surface area contributed by atoms with Gasteiger partial charge in [0, 0.05) is 13.0 Å². The molecule has 2 aliphatic rings. The first-order chi connectivity index (χ1) is 7.38. The van der Waals surface area contributed by atoms with Crippen molar-refractivity contribution in [2.45, 2.75) is 57.1 Å². The van der Waals surface area contributed by atoms with Crippen LogP contribution in [0.1, 0.15) is 44.9 Å². The van der Waals surface area contributed by atoms with Crippen molar-refractivity contribution in [3.8, 4) is 0 Å². The van der Waals surface area contributed by atoms with Gasteiger partial charge in [-0.2, -0.15) is 0 Å². The van der Waals surface area contributed by atoms with E-state index in [-0.39, 0.29) is 0 Å². The summed E-state index contributed by atoms with van der Waals surface area (Å²) < 4.78 is 5.57. The molecule has 0 bridgehead atoms. The molecule has 0 aromatic heterocycles. The van der Waals surface area contributed by atoms with Crippen molar-refractivity contribution in [2.75, 3.05) is 6.61 Å². The van der Waals surface area contributed by atoms with E-state index in [1.165, 1.54) is 32.1 Å². The Labute approximate surface area is 91.2 Å². The number of rotatable bonds is 3. The van der Waals surface area contributed by atoms with Gasteiger partial charge in [-0.25, -0.2) is 5.84 Å². The lowest BCUT2D eigenvalue weighted by Gasteiger charge is -2.13. The molecule has 2 fully saturated rings. The molecule has 0 radical (unpaired) electrons. The van der Waals surface area contributed by atoms with Gasteiger partial charge in [-0.1, -0.05) is 12.8 Å². The van der Waals surface area contributed by atoms with Crippen LogP contribution in [0, 0.1) is 0 Å². The second-order valence-corrected chi connectivity index (χ2v) is 4.50. The summed E-state index contributed by atoms with van der Waals surface area (Å²) >= 11 is 0. The van der Waals surface area contributed by atoms with E-state index in [0.717, 1.165) is 25.3 Å². The first-order valence-corrected chi connectivity index (χ1v) is 6.03. The van der Waals surface area contributed by atoms with Gasteiger partial charge in [0.25, 0.3) is 0 Å². The van der Waals surface area contributed by atoms with Crippen LogP contribution < -0.4 is 11.3 Å². The zero-order valence-electron chi connectivity index (χ0n) is 9.24. The molecule has 15 heavy (non-hydrogen) atoms. The van der Waals surface area contributed by atoms with Crippen LogP contribution in [0.15, 0.2) is 4.99 Å². The van der Waals surface area contributed by atoms with Gasteiger partial charge in [0.15, 0.2) is 0 Å². The minimum absolute atomic E-state index is 0.334. The van der Waals surface area contributed by atoms with Gasteiger partial charge in [-0.15, -0.1) is 0 Å². The Morgan fingerprint density at radius 3 is 2.67 bits per heavy atom. The fourth-order valence-corrected chi connectivity index (χ4v) is 2.42. The molecule has 0 aromatic rings. The zero-order chi connectivity index (χ0) is 10.5. The number of ether oxygens (including phenoxy) is 1. The second-order valence-electron chi connectivity index (χ2n) is 4.50. The molecular formula is C11H21N3O. The summed E-state index contributed by atoms with van der Waals surface area (Å²) in [5, 5.41) is 0. The van der Waals surface area contributed by atoms with E-state index in [0.29, 0.717) is 12.1 Å². The number of nitrogens with zero attached hydrogens (tertiary/aromatic N) is 1. The summed E-state index contributed by atoms with van der Waals surface area (Å²) in [7, 11) is 0. The van der Waals surface area contributed by atoms with Crippen LogP contribution in [-0.4, -0.2) is 24.6 Å². The van der Waals surface area contributed by atoms with Crippen LogP contribution in [0.5, 0.6) is 0 Å². The van der Waals surface area contributed by atoms with Crippen molar-refractivity contribution < 1.29 is 4.74 Å². The first-order valence-electron chi connectivity index (χ1n) is 6.03. The number of hydrogen-bond donors (Lipinski definition) is 2. The number of amidine groups is 1. The fraction of sp³-hybridized carbons (Fsp3) is 0.909. The SMILES string of the molecule is NNC(CC1CCCO1)=NC1CCCC1. The third-order valence-electron chi connectivity index (χ3n) is 3.27. The summed E-state index contributed by atoms with van der Waals surface area (Å²) in [4.78, 5) is 4.66. The molecule has 4 nitrogen and oxygen atoms in total. The molecule has 86 valence electrons. The number of nitrogens with two attached hydrogens (primary N) is 1. The average Bonchev–Trinajstić information content (AvgIpc) is 2.89. The Morgan fingerprint density at radius 2 is 2.07 bits per heavy atom. The van der Waals surface area contributed by atoms with E-state index >= 15 is 0 Å². The van der Waals surface area contributed by atoms with E-state index < -0.39 is 0 Å². The van der Waals surface area contributed by atoms with Gasteiger partial charge in [0.1, 0.15) is 5.84 Å². The van der Waals surface area contributed by atoms with Crippen molar-refractivity contribution in [1.82, 2.24) is 5.43 Å². The van der Waals surface area contributed by atoms with Crippen LogP contribution in [-0.2, 0) is 4.74 Å². The molecule has 1 aliphatic carbocycles. The van der Waals surface area contributed by atoms with Gasteiger partial charge in [-0.3, -0.25) is 4.99 Å².